The molecule has 1 aliphatic rings. The molecule has 0 radical (unpaired) electrons. The van der Waals surface area contributed by atoms with Gasteiger partial charge in [0.25, 0.3) is 0 Å². The van der Waals surface area contributed by atoms with Gasteiger partial charge in [-0.25, -0.2) is 4.39 Å². The van der Waals surface area contributed by atoms with Crippen molar-refractivity contribution in [3.8, 4) is 0 Å². The minimum atomic E-state index is -0.587. The Bertz CT molecular complexity index is 453. The van der Waals surface area contributed by atoms with Crippen LogP contribution in [0.2, 0.25) is 5.02 Å². The first kappa shape index (κ1) is 13.3. The van der Waals surface area contributed by atoms with Crippen LogP contribution >= 0.6 is 11.6 Å². The zero-order chi connectivity index (χ0) is 13.1. The Morgan fingerprint density at radius 1 is 1.56 bits per heavy atom. The zero-order valence-corrected chi connectivity index (χ0v) is 10.9. The van der Waals surface area contributed by atoms with Crippen molar-refractivity contribution in [2.24, 2.45) is 5.92 Å². The van der Waals surface area contributed by atoms with Gasteiger partial charge in [0.15, 0.2) is 5.82 Å². The molecule has 2 N–H and O–H groups in total. The van der Waals surface area contributed by atoms with Crippen LogP contribution in [-0.4, -0.2) is 18.5 Å². The van der Waals surface area contributed by atoms with Gasteiger partial charge in [0.2, 0.25) is 5.91 Å². The van der Waals surface area contributed by atoms with Gasteiger partial charge < -0.3 is 10.6 Å². The number of benzene rings is 1. The second-order valence-electron chi connectivity index (χ2n) is 4.64. The fourth-order valence-corrected chi connectivity index (χ4v) is 2.39. The Labute approximate surface area is 111 Å². The van der Waals surface area contributed by atoms with Crippen molar-refractivity contribution in [2.75, 3.05) is 11.9 Å². The maximum atomic E-state index is 13.7. The predicted molar refractivity (Wildman–Crippen MR) is 70.2 cm³/mol. The summed E-state index contributed by atoms with van der Waals surface area (Å²) in [6.45, 7) is 2.84. The molecule has 0 aromatic heterocycles. The molecule has 1 aliphatic heterocycles. The molecule has 1 amide bonds. The lowest BCUT2D eigenvalue weighted by Crippen LogP contribution is -2.48. The molecule has 1 heterocycles. The molecule has 1 saturated heterocycles. The number of carbonyl (C=O) groups is 1. The average molecular weight is 271 g/mol. The Balaban J connectivity index is 2.09. The molecule has 18 heavy (non-hydrogen) atoms. The maximum absolute atomic E-state index is 13.7. The lowest BCUT2D eigenvalue weighted by atomic mass is 9.92. The van der Waals surface area contributed by atoms with Gasteiger partial charge in [0, 0.05) is 0 Å². The monoisotopic (exact) mass is 270 g/mol. The number of anilines is 1. The van der Waals surface area contributed by atoms with E-state index in [0.717, 1.165) is 19.4 Å². The lowest BCUT2D eigenvalue weighted by molar-refractivity contribution is -0.119. The third-order valence-electron chi connectivity index (χ3n) is 3.26. The molecule has 5 heteroatoms. The van der Waals surface area contributed by atoms with E-state index in [0.29, 0.717) is 0 Å². The number of nitrogens with one attached hydrogen (secondary N) is 2. The number of amides is 1. The quantitative estimate of drug-likeness (QED) is 0.868. The molecule has 98 valence electrons. The third kappa shape index (κ3) is 2.82. The van der Waals surface area contributed by atoms with E-state index in [9.17, 15) is 9.18 Å². The Morgan fingerprint density at radius 3 is 3.06 bits per heavy atom. The molecule has 2 atom stereocenters. The first-order valence-corrected chi connectivity index (χ1v) is 6.45. The Kier molecular flexibility index (Phi) is 4.19. The highest BCUT2D eigenvalue weighted by atomic mass is 35.5. The molecule has 1 aromatic rings. The fraction of sp³-hybridized carbons (Fsp3) is 0.462. The summed E-state index contributed by atoms with van der Waals surface area (Å²) in [4.78, 5) is 12.1. The van der Waals surface area contributed by atoms with E-state index in [-0.39, 0.29) is 28.6 Å². The van der Waals surface area contributed by atoms with Crippen LogP contribution < -0.4 is 10.6 Å². The summed E-state index contributed by atoms with van der Waals surface area (Å²) in [6.07, 6.45) is 2.07. The van der Waals surface area contributed by atoms with Crippen LogP contribution in [0.3, 0.4) is 0 Å². The number of carbonyl (C=O) groups excluding carboxylic acids is 1. The van der Waals surface area contributed by atoms with Gasteiger partial charge in [0.05, 0.1) is 16.8 Å². The first-order valence-electron chi connectivity index (χ1n) is 6.08. The van der Waals surface area contributed by atoms with Crippen molar-refractivity contribution in [3.63, 3.8) is 0 Å². The molecule has 1 fully saturated rings. The minimum absolute atomic E-state index is 0.0115. The summed E-state index contributed by atoms with van der Waals surface area (Å²) in [5.41, 5.74) is 0.132. The molecule has 3 nitrogen and oxygen atoms in total. The van der Waals surface area contributed by atoms with Crippen molar-refractivity contribution < 1.29 is 9.18 Å². The van der Waals surface area contributed by atoms with Gasteiger partial charge in [-0.05, 0) is 37.4 Å². The van der Waals surface area contributed by atoms with Crippen LogP contribution in [0.1, 0.15) is 19.8 Å². The van der Waals surface area contributed by atoms with Crippen molar-refractivity contribution in [2.45, 2.75) is 25.8 Å². The van der Waals surface area contributed by atoms with E-state index >= 15 is 0 Å². The van der Waals surface area contributed by atoms with Gasteiger partial charge >= 0.3 is 0 Å². The van der Waals surface area contributed by atoms with E-state index in [1.807, 2.05) is 6.92 Å². The summed E-state index contributed by atoms with van der Waals surface area (Å²) in [7, 11) is 0. The summed E-state index contributed by atoms with van der Waals surface area (Å²) in [5, 5.41) is 5.76. The van der Waals surface area contributed by atoms with Crippen LogP contribution in [0.5, 0.6) is 0 Å². The molecule has 0 aliphatic carbocycles. The Hall–Kier alpha value is -1.13. The highest BCUT2D eigenvalue weighted by Crippen LogP contribution is 2.23. The average Bonchev–Trinajstić information content (AvgIpc) is 2.35. The number of rotatable bonds is 2. The molecule has 0 spiro atoms. The molecular formula is C13H16ClFN2O. The number of hydrogen-bond acceptors (Lipinski definition) is 2. The predicted octanol–water partition coefficient (Wildman–Crippen LogP) is 2.81. The van der Waals surface area contributed by atoms with Crippen LogP contribution in [0, 0.1) is 11.7 Å². The highest BCUT2D eigenvalue weighted by Gasteiger charge is 2.27. The Morgan fingerprint density at radius 2 is 2.33 bits per heavy atom. The van der Waals surface area contributed by atoms with E-state index in [2.05, 4.69) is 10.6 Å². The second kappa shape index (κ2) is 5.67. The summed E-state index contributed by atoms with van der Waals surface area (Å²) in [6, 6.07) is 4.30. The van der Waals surface area contributed by atoms with Gasteiger partial charge in [-0.2, -0.15) is 0 Å². The summed E-state index contributed by atoms with van der Waals surface area (Å²) in [5.74, 6) is -0.541. The largest absolute Gasteiger partial charge is 0.322 e. The minimum Gasteiger partial charge on any atom is -0.322 e. The van der Waals surface area contributed by atoms with Crippen LogP contribution in [0.25, 0.3) is 0 Å². The number of hydrogen-bond donors (Lipinski definition) is 2. The fourth-order valence-electron chi connectivity index (χ4n) is 2.21. The van der Waals surface area contributed by atoms with Gasteiger partial charge in [-0.3, -0.25) is 4.79 Å². The van der Waals surface area contributed by atoms with Crippen molar-refractivity contribution >= 4 is 23.2 Å². The third-order valence-corrected chi connectivity index (χ3v) is 3.55. The van der Waals surface area contributed by atoms with Crippen LogP contribution in [0.15, 0.2) is 18.2 Å². The smallest absolute Gasteiger partial charge is 0.241 e. The molecule has 2 unspecified atom stereocenters. The second-order valence-corrected chi connectivity index (χ2v) is 5.05. The normalized spacial score (nSPS) is 23.7. The van der Waals surface area contributed by atoms with Crippen molar-refractivity contribution in [3.05, 3.63) is 29.0 Å². The molecule has 0 saturated carbocycles. The summed E-state index contributed by atoms with van der Waals surface area (Å²) >= 11 is 5.67. The lowest BCUT2D eigenvalue weighted by Gasteiger charge is -2.29. The first-order chi connectivity index (χ1) is 8.59. The molecule has 0 bridgehead atoms. The van der Waals surface area contributed by atoms with Crippen LogP contribution in [-0.2, 0) is 4.79 Å². The maximum Gasteiger partial charge on any atom is 0.241 e. The van der Waals surface area contributed by atoms with Crippen molar-refractivity contribution in [1.82, 2.24) is 5.32 Å². The van der Waals surface area contributed by atoms with E-state index in [1.54, 1.807) is 6.07 Å². The number of piperidine rings is 1. The highest BCUT2D eigenvalue weighted by molar-refractivity contribution is 6.31. The topological polar surface area (TPSA) is 41.1 Å². The van der Waals surface area contributed by atoms with E-state index < -0.39 is 5.82 Å². The van der Waals surface area contributed by atoms with E-state index in [4.69, 9.17) is 11.6 Å². The van der Waals surface area contributed by atoms with Gasteiger partial charge in [-0.15, -0.1) is 0 Å². The zero-order valence-electron chi connectivity index (χ0n) is 10.2. The molecule has 1 aromatic carbocycles. The van der Waals surface area contributed by atoms with Crippen molar-refractivity contribution in [1.29, 1.82) is 0 Å². The van der Waals surface area contributed by atoms with E-state index in [1.165, 1.54) is 12.1 Å². The summed E-state index contributed by atoms with van der Waals surface area (Å²) < 4.78 is 13.7. The number of halogens is 2. The van der Waals surface area contributed by atoms with Gasteiger partial charge in [0.1, 0.15) is 0 Å². The SMILES string of the molecule is CC1CCCNC1C(=O)Nc1cccc(Cl)c1F. The molecular weight excluding hydrogens is 255 g/mol. The van der Waals surface area contributed by atoms with Gasteiger partial charge in [-0.1, -0.05) is 24.6 Å². The van der Waals surface area contributed by atoms with Crippen LogP contribution in [0.4, 0.5) is 10.1 Å². The standard InChI is InChI=1S/C13H16ClFN2O/c1-8-4-3-7-16-12(8)13(18)17-10-6-2-5-9(14)11(10)15/h2,5-6,8,12,16H,3-4,7H2,1H3,(H,17,18). The molecule has 2 rings (SSSR count).